The van der Waals surface area contributed by atoms with E-state index < -0.39 is 0 Å². The average Bonchev–Trinajstić information content (AvgIpc) is 3.34. The van der Waals surface area contributed by atoms with Gasteiger partial charge in [0.25, 0.3) is 0 Å². The standard InChI is InChI=1S/C23H28N6/c1-14(2)20-21(18-9-7-17(8-10-18)16(4)28(5)6)26-27-22(20)19-11-15(3)23-24-13-25-29(23)12-19/h7-14,16H,1-6H3,(H,26,27). The monoisotopic (exact) mass is 388 g/mol. The van der Waals surface area contributed by atoms with Gasteiger partial charge in [-0.15, -0.1) is 0 Å². The van der Waals surface area contributed by atoms with Gasteiger partial charge in [-0.3, -0.25) is 5.10 Å². The van der Waals surface area contributed by atoms with Crippen molar-refractivity contribution < 1.29 is 0 Å². The average molecular weight is 389 g/mol. The van der Waals surface area contributed by atoms with Gasteiger partial charge in [-0.25, -0.2) is 9.50 Å². The van der Waals surface area contributed by atoms with E-state index in [9.17, 15) is 0 Å². The number of aromatic nitrogens is 5. The molecule has 4 aromatic rings. The van der Waals surface area contributed by atoms with Crippen LogP contribution in [0.15, 0.2) is 42.9 Å². The highest BCUT2D eigenvalue weighted by Gasteiger charge is 2.20. The maximum Gasteiger partial charge on any atom is 0.158 e. The maximum absolute atomic E-state index is 4.71. The zero-order valence-corrected chi connectivity index (χ0v) is 17.9. The molecule has 0 aliphatic carbocycles. The van der Waals surface area contributed by atoms with Gasteiger partial charge >= 0.3 is 0 Å². The number of hydrogen-bond acceptors (Lipinski definition) is 4. The largest absolute Gasteiger partial charge is 0.303 e. The molecule has 6 nitrogen and oxygen atoms in total. The first kappa shape index (κ1) is 19.3. The molecule has 0 saturated heterocycles. The molecule has 0 aliphatic rings. The summed E-state index contributed by atoms with van der Waals surface area (Å²) in [6, 6.07) is 11.3. The van der Waals surface area contributed by atoms with E-state index in [-0.39, 0.29) is 0 Å². The molecule has 0 aliphatic heterocycles. The molecule has 0 radical (unpaired) electrons. The summed E-state index contributed by atoms with van der Waals surface area (Å²) < 4.78 is 1.83. The molecule has 3 heterocycles. The summed E-state index contributed by atoms with van der Waals surface area (Å²) >= 11 is 0. The molecule has 150 valence electrons. The van der Waals surface area contributed by atoms with Gasteiger partial charge in [0.15, 0.2) is 5.65 Å². The molecule has 1 aromatic carbocycles. The smallest absolute Gasteiger partial charge is 0.158 e. The number of hydrogen-bond donors (Lipinski definition) is 1. The van der Waals surface area contributed by atoms with Gasteiger partial charge < -0.3 is 4.90 Å². The van der Waals surface area contributed by atoms with E-state index in [0.717, 1.165) is 33.7 Å². The molecule has 6 heteroatoms. The summed E-state index contributed by atoms with van der Waals surface area (Å²) in [5.41, 5.74) is 8.74. The lowest BCUT2D eigenvalue weighted by Gasteiger charge is -2.20. The van der Waals surface area contributed by atoms with Crippen molar-refractivity contribution in [3.05, 3.63) is 59.5 Å². The summed E-state index contributed by atoms with van der Waals surface area (Å²) in [5.74, 6) is 0.325. The van der Waals surface area contributed by atoms with Crippen molar-refractivity contribution in [2.45, 2.75) is 39.7 Å². The topological polar surface area (TPSA) is 62.1 Å². The molecule has 0 saturated carbocycles. The van der Waals surface area contributed by atoms with Crippen LogP contribution in [-0.2, 0) is 0 Å². The predicted octanol–water partition coefficient (Wildman–Crippen LogP) is 4.84. The fourth-order valence-corrected chi connectivity index (χ4v) is 3.80. The fraction of sp³-hybridized carbons (Fsp3) is 0.348. The van der Waals surface area contributed by atoms with Crippen molar-refractivity contribution in [3.63, 3.8) is 0 Å². The first-order chi connectivity index (χ1) is 13.9. The Bertz CT molecular complexity index is 1130. The second kappa shape index (κ2) is 7.44. The van der Waals surface area contributed by atoms with E-state index in [0.29, 0.717) is 12.0 Å². The minimum Gasteiger partial charge on any atom is -0.303 e. The highest BCUT2D eigenvalue weighted by molar-refractivity contribution is 5.75. The normalized spacial score (nSPS) is 13.0. The van der Waals surface area contributed by atoms with Crippen LogP contribution in [0.25, 0.3) is 28.2 Å². The summed E-state index contributed by atoms with van der Waals surface area (Å²) in [5, 5.41) is 12.3. The minimum atomic E-state index is 0.325. The summed E-state index contributed by atoms with van der Waals surface area (Å²) in [6.45, 7) is 8.69. The van der Waals surface area contributed by atoms with Crippen molar-refractivity contribution in [3.8, 4) is 22.5 Å². The molecule has 1 atom stereocenters. The number of fused-ring (bicyclic) bond motifs is 1. The second-order valence-electron chi connectivity index (χ2n) is 8.22. The third-order valence-electron chi connectivity index (χ3n) is 5.67. The third kappa shape index (κ3) is 3.44. The Morgan fingerprint density at radius 2 is 1.76 bits per heavy atom. The van der Waals surface area contributed by atoms with Crippen LogP contribution in [-0.4, -0.2) is 43.8 Å². The number of aromatic amines is 1. The van der Waals surface area contributed by atoms with Crippen LogP contribution in [0.4, 0.5) is 0 Å². The lowest BCUT2D eigenvalue weighted by molar-refractivity contribution is 0.321. The lowest BCUT2D eigenvalue weighted by Crippen LogP contribution is -2.16. The predicted molar refractivity (Wildman–Crippen MR) is 117 cm³/mol. The van der Waals surface area contributed by atoms with Crippen LogP contribution in [0.3, 0.4) is 0 Å². The fourth-order valence-electron chi connectivity index (χ4n) is 3.80. The highest BCUT2D eigenvalue weighted by atomic mass is 15.3. The molecular weight excluding hydrogens is 360 g/mol. The van der Waals surface area contributed by atoms with Crippen LogP contribution in [0.2, 0.25) is 0 Å². The zero-order chi connectivity index (χ0) is 20.7. The number of H-pyrrole nitrogens is 1. The number of benzene rings is 1. The van der Waals surface area contributed by atoms with Gasteiger partial charge in [-0.2, -0.15) is 10.2 Å². The van der Waals surface area contributed by atoms with Crippen molar-refractivity contribution in [1.29, 1.82) is 0 Å². The Labute approximate surface area is 171 Å². The molecule has 3 aromatic heterocycles. The van der Waals surface area contributed by atoms with Crippen molar-refractivity contribution in [1.82, 2.24) is 29.7 Å². The van der Waals surface area contributed by atoms with Gasteiger partial charge in [0.05, 0.1) is 11.4 Å². The Kier molecular flexibility index (Phi) is 4.96. The molecule has 0 amide bonds. The van der Waals surface area contributed by atoms with E-state index in [2.05, 4.69) is 92.2 Å². The Morgan fingerprint density at radius 1 is 1.03 bits per heavy atom. The molecular formula is C23H28N6. The van der Waals surface area contributed by atoms with Crippen molar-refractivity contribution in [2.24, 2.45) is 0 Å². The Morgan fingerprint density at radius 3 is 2.41 bits per heavy atom. The van der Waals surface area contributed by atoms with Crippen molar-refractivity contribution >= 4 is 5.65 Å². The molecule has 0 bridgehead atoms. The van der Waals surface area contributed by atoms with Crippen LogP contribution in [0.5, 0.6) is 0 Å². The zero-order valence-electron chi connectivity index (χ0n) is 17.9. The molecule has 0 spiro atoms. The Balaban J connectivity index is 1.79. The number of aryl methyl sites for hydroxylation is 1. The molecule has 1 N–H and O–H groups in total. The highest BCUT2D eigenvalue weighted by Crippen LogP contribution is 2.36. The number of nitrogens with one attached hydrogen (secondary N) is 1. The second-order valence-corrected chi connectivity index (χ2v) is 8.22. The Hall–Kier alpha value is -2.99. The van der Waals surface area contributed by atoms with E-state index in [1.54, 1.807) is 6.33 Å². The molecule has 1 unspecified atom stereocenters. The number of pyridine rings is 1. The van der Waals surface area contributed by atoms with Gasteiger partial charge in [-0.1, -0.05) is 38.1 Å². The summed E-state index contributed by atoms with van der Waals surface area (Å²) in [4.78, 5) is 6.53. The van der Waals surface area contributed by atoms with Crippen molar-refractivity contribution in [2.75, 3.05) is 14.1 Å². The van der Waals surface area contributed by atoms with E-state index >= 15 is 0 Å². The minimum absolute atomic E-state index is 0.325. The third-order valence-corrected chi connectivity index (χ3v) is 5.67. The molecule has 4 rings (SSSR count). The summed E-state index contributed by atoms with van der Waals surface area (Å²) in [7, 11) is 4.20. The lowest BCUT2D eigenvalue weighted by atomic mass is 9.93. The first-order valence-corrected chi connectivity index (χ1v) is 10.0. The summed E-state index contributed by atoms with van der Waals surface area (Å²) in [6.07, 6.45) is 3.60. The van der Waals surface area contributed by atoms with E-state index in [4.69, 9.17) is 5.10 Å². The van der Waals surface area contributed by atoms with Gasteiger partial charge in [-0.05, 0) is 51.1 Å². The molecule has 29 heavy (non-hydrogen) atoms. The van der Waals surface area contributed by atoms with Gasteiger partial charge in [0.2, 0.25) is 0 Å². The SMILES string of the molecule is Cc1cc(-c2[nH]nc(-c3ccc(C(C)N(C)C)cc3)c2C(C)C)cn2ncnc12. The first-order valence-electron chi connectivity index (χ1n) is 10.0. The number of nitrogens with zero attached hydrogens (tertiary/aromatic N) is 5. The molecule has 0 fully saturated rings. The van der Waals surface area contributed by atoms with E-state index in [1.807, 2.05) is 10.7 Å². The maximum atomic E-state index is 4.71. The quantitative estimate of drug-likeness (QED) is 0.531. The van der Waals surface area contributed by atoms with Crippen LogP contribution in [0, 0.1) is 6.92 Å². The van der Waals surface area contributed by atoms with Gasteiger partial charge in [0, 0.05) is 28.9 Å². The van der Waals surface area contributed by atoms with E-state index in [1.165, 1.54) is 11.1 Å². The number of rotatable bonds is 5. The van der Waals surface area contributed by atoms with Crippen LogP contribution in [0.1, 0.15) is 49.4 Å². The van der Waals surface area contributed by atoms with Crippen LogP contribution >= 0.6 is 0 Å². The van der Waals surface area contributed by atoms with Crippen LogP contribution < -0.4 is 0 Å². The van der Waals surface area contributed by atoms with Gasteiger partial charge in [0.1, 0.15) is 6.33 Å².